The Labute approximate surface area is 99.4 Å². The molecule has 0 aliphatic carbocycles. The molecule has 0 N–H and O–H groups in total. The Bertz CT molecular complexity index is 675. The number of hydrogen-bond donors (Lipinski definition) is 0. The van der Waals surface area contributed by atoms with E-state index in [1.165, 1.54) is 0 Å². The predicted octanol–water partition coefficient (Wildman–Crippen LogP) is 0.940. The Morgan fingerprint density at radius 1 is 1.47 bits per heavy atom. The molecule has 0 spiro atoms. The van der Waals surface area contributed by atoms with Crippen molar-refractivity contribution in [3.8, 4) is 0 Å². The van der Waals surface area contributed by atoms with Crippen molar-refractivity contribution in [1.82, 2.24) is 14.6 Å². The molecular weight excluding hydrogens is 238 g/mol. The zero-order chi connectivity index (χ0) is 12.0. The van der Waals surface area contributed by atoms with Gasteiger partial charge in [0, 0.05) is 12.1 Å². The second-order valence-electron chi connectivity index (χ2n) is 4.58. The highest BCUT2D eigenvalue weighted by molar-refractivity contribution is 7.91. The zero-order valence-corrected chi connectivity index (χ0v) is 10.3. The Kier molecular flexibility index (Phi) is 2.22. The third kappa shape index (κ3) is 1.93. The smallest absolute Gasteiger partial charge is 0.155 e. The van der Waals surface area contributed by atoms with Gasteiger partial charge in [-0.25, -0.2) is 17.9 Å². The third-order valence-electron chi connectivity index (χ3n) is 3.11. The fourth-order valence-corrected chi connectivity index (χ4v) is 3.91. The van der Waals surface area contributed by atoms with Crippen molar-refractivity contribution < 1.29 is 8.42 Å². The van der Waals surface area contributed by atoms with E-state index in [1.807, 2.05) is 25.3 Å². The molecule has 1 atom stereocenters. The van der Waals surface area contributed by atoms with Crippen molar-refractivity contribution in [1.29, 1.82) is 0 Å². The summed E-state index contributed by atoms with van der Waals surface area (Å²) in [6.45, 7) is 1.99. The molecule has 2 aromatic heterocycles. The molecule has 90 valence electrons. The number of aryl methyl sites for hydroxylation is 1. The van der Waals surface area contributed by atoms with Gasteiger partial charge in [-0.2, -0.15) is 5.10 Å². The first-order valence-electron chi connectivity index (χ1n) is 5.57. The van der Waals surface area contributed by atoms with Crippen LogP contribution in [0.2, 0.25) is 0 Å². The molecule has 0 amide bonds. The Morgan fingerprint density at radius 2 is 2.29 bits per heavy atom. The van der Waals surface area contributed by atoms with Gasteiger partial charge >= 0.3 is 0 Å². The van der Waals surface area contributed by atoms with E-state index >= 15 is 0 Å². The zero-order valence-electron chi connectivity index (χ0n) is 9.50. The largest absolute Gasteiger partial charge is 0.229 e. The molecule has 0 aromatic carbocycles. The second kappa shape index (κ2) is 3.53. The highest BCUT2D eigenvalue weighted by Crippen LogP contribution is 2.26. The number of fused-ring (bicyclic) bond motifs is 1. The van der Waals surface area contributed by atoms with Gasteiger partial charge in [0.05, 0.1) is 11.5 Å². The molecule has 0 bridgehead atoms. The molecular formula is C11H13N3O2S. The minimum absolute atomic E-state index is 0.0415. The Hall–Kier alpha value is -1.43. The van der Waals surface area contributed by atoms with Crippen molar-refractivity contribution in [2.45, 2.75) is 19.3 Å². The molecule has 1 aliphatic heterocycles. The lowest BCUT2D eigenvalue weighted by Gasteiger charge is -1.98. The fourth-order valence-electron chi connectivity index (χ4n) is 2.17. The molecule has 1 unspecified atom stereocenters. The van der Waals surface area contributed by atoms with Crippen LogP contribution < -0.4 is 0 Å². The summed E-state index contributed by atoms with van der Waals surface area (Å²) >= 11 is 0. The van der Waals surface area contributed by atoms with Crippen LogP contribution in [0.1, 0.15) is 23.7 Å². The molecule has 3 heterocycles. The maximum absolute atomic E-state index is 11.4. The van der Waals surface area contributed by atoms with Gasteiger partial charge in [-0.15, -0.1) is 0 Å². The van der Waals surface area contributed by atoms with Gasteiger partial charge in [-0.3, -0.25) is 0 Å². The molecule has 17 heavy (non-hydrogen) atoms. The first-order valence-corrected chi connectivity index (χ1v) is 7.39. The number of hydrogen-bond acceptors (Lipinski definition) is 4. The summed E-state index contributed by atoms with van der Waals surface area (Å²) in [6.07, 6.45) is 2.49. The van der Waals surface area contributed by atoms with Gasteiger partial charge in [0.1, 0.15) is 0 Å². The molecule has 0 radical (unpaired) electrons. The quantitative estimate of drug-likeness (QED) is 0.756. The van der Waals surface area contributed by atoms with Crippen LogP contribution in [-0.2, 0) is 9.84 Å². The summed E-state index contributed by atoms with van der Waals surface area (Å²) in [4.78, 5) is 4.41. The van der Waals surface area contributed by atoms with Gasteiger partial charge in [0.25, 0.3) is 0 Å². The Balaban J connectivity index is 2.02. The number of pyridine rings is 1. The molecule has 6 heteroatoms. The lowest BCUT2D eigenvalue weighted by Crippen LogP contribution is -2.05. The third-order valence-corrected chi connectivity index (χ3v) is 4.87. The van der Waals surface area contributed by atoms with Crippen molar-refractivity contribution >= 4 is 15.5 Å². The number of rotatable bonds is 1. The van der Waals surface area contributed by atoms with Crippen molar-refractivity contribution in [3.63, 3.8) is 0 Å². The summed E-state index contributed by atoms with van der Waals surface area (Å²) in [6, 6.07) is 3.90. The van der Waals surface area contributed by atoms with E-state index in [-0.39, 0.29) is 17.4 Å². The van der Waals surface area contributed by atoms with Gasteiger partial charge < -0.3 is 0 Å². The second-order valence-corrected chi connectivity index (χ2v) is 6.81. The number of aromatic nitrogens is 3. The van der Waals surface area contributed by atoms with E-state index in [0.29, 0.717) is 12.2 Å². The molecule has 1 fully saturated rings. The SMILES string of the molecule is Cc1ccn2nc(C3CCS(=O)(=O)C3)nc2c1. The highest BCUT2D eigenvalue weighted by Gasteiger charge is 2.31. The van der Waals surface area contributed by atoms with Crippen molar-refractivity contribution in [2.75, 3.05) is 11.5 Å². The lowest BCUT2D eigenvalue weighted by atomic mass is 10.1. The van der Waals surface area contributed by atoms with Crippen molar-refractivity contribution in [2.24, 2.45) is 0 Å². The predicted molar refractivity (Wildman–Crippen MR) is 63.7 cm³/mol. The number of nitrogens with zero attached hydrogens (tertiary/aromatic N) is 3. The van der Waals surface area contributed by atoms with E-state index < -0.39 is 9.84 Å². The summed E-state index contributed by atoms with van der Waals surface area (Å²) in [7, 11) is -2.88. The molecule has 0 saturated carbocycles. The summed E-state index contributed by atoms with van der Waals surface area (Å²) in [5, 5.41) is 4.34. The molecule has 1 aliphatic rings. The normalized spacial score (nSPS) is 23.2. The Morgan fingerprint density at radius 3 is 3.00 bits per heavy atom. The molecule has 3 rings (SSSR count). The minimum atomic E-state index is -2.88. The van der Waals surface area contributed by atoms with Gasteiger partial charge in [0.15, 0.2) is 21.3 Å². The average Bonchev–Trinajstić information content (AvgIpc) is 2.80. The van der Waals surface area contributed by atoms with Crippen LogP contribution in [-0.4, -0.2) is 34.5 Å². The molecule has 5 nitrogen and oxygen atoms in total. The van der Waals surface area contributed by atoms with Crippen LogP contribution in [0.25, 0.3) is 5.65 Å². The van der Waals surface area contributed by atoms with E-state index in [2.05, 4.69) is 10.1 Å². The van der Waals surface area contributed by atoms with Gasteiger partial charge in [0.2, 0.25) is 0 Å². The maximum atomic E-state index is 11.4. The van der Waals surface area contributed by atoms with Gasteiger partial charge in [-0.1, -0.05) is 0 Å². The minimum Gasteiger partial charge on any atom is -0.229 e. The first-order chi connectivity index (χ1) is 8.03. The van der Waals surface area contributed by atoms with Crippen LogP contribution in [0, 0.1) is 6.92 Å². The van der Waals surface area contributed by atoms with E-state index in [0.717, 1.165) is 11.2 Å². The van der Waals surface area contributed by atoms with Crippen molar-refractivity contribution in [3.05, 3.63) is 29.7 Å². The highest BCUT2D eigenvalue weighted by atomic mass is 32.2. The first kappa shape index (κ1) is 10.7. The van der Waals surface area contributed by atoms with Crippen LogP contribution in [0.5, 0.6) is 0 Å². The summed E-state index contributed by atoms with van der Waals surface area (Å²) in [5.41, 5.74) is 1.90. The van der Waals surface area contributed by atoms with Crippen LogP contribution in [0.3, 0.4) is 0 Å². The summed E-state index contributed by atoms with van der Waals surface area (Å²) in [5.74, 6) is 1.05. The van der Waals surface area contributed by atoms with E-state index in [9.17, 15) is 8.42 Å². The van der Waals surface area contributed by atoms with Crippen LogP contribution in [0.4, 0.5) is 0 Å². The topological polar surface area (TPSA) is 64.3 Å². The van der Waals surface area contributed by atoms with Crippen LogP contribution in [0.15, 0.2) is 18.3 Å². The average molecular weight is 251 g/mol. The van der Waals surface area contributed by atoms with E-state index in [4.69, 9.17) is 0 Å². The van der Waals surface area contributed by atoms with Crippen LogP contribution >= 0.6 is 0 Å². The molecule has 1 saturated heterocycles. The number of sulfone groups is 1. The monoisotopic (exact) mass is 251 g/mol. The summed E-state index contributed by atoms with van der Waals surface area (Å²) < 4.78 is 24.5. The standard InChI is InChI=1S/C11H13N3O2S/c1-8-2-4-14-10(6-8)12-11(13-14)9-3-5-17(15,16)7-9/h2,4,6,9H,3,5,7H2,1H3. The fraction of sp³-hybridized carbons (Fsp3) is 0.455. The maximum Gasteiger partial charge on any atom is 0.155 e. The lowest BCUT2D eigenvalue weighted by molar-refractivity contribution is 0.601. The van der Waals surface area contributed by atoms with E-state index in [1.54, 1.807) is 4.52 Å². The molecule has 2 aromatic rings. The van der Waals surface area contributed by atoms with Gasteiger partial charge in [-0.05, 0) is 31.0 Å².